The van der Waals surface area contributed by atoms with E-state index in [0.29, 0.717) is 43.6 Å². The Morgan fingerprint density at radius 1 is 1.17 bits per heavy atom. The van der Waals surface area contributed by atoms with Crippen LogP contribution in [-0.2, 0) is 9.59 Å². The molecule has 6 heteroatoms. The number of fused-ring (bicyclic) bond motifs is 1. The first kappa shape index (κ1) is 16.7. The first-order chi connectivity index (χ1) is 11.5. The van der Waals surface area contributed by atoms with Crippen LogP contribution in [0.3, 0.4) is 0 Å². The lowest BCUT2D eigenvalue weighted by atomic mass is 9.81. The van der Waals surface area contributed by atoms with Crippen molar-refractivity contribution in [1.29, 1.82) is 0 Å². The van der Waals surface area contributed by atoms with Crippen LogP contribution in [-0.4, -0.2) is 23.6 Å². The van der Waals surface area contributed by atoms with Crippen LogP contribution >= 0.6 is 0 Å². The zero-order valence-corrected chi connectivity index (χ0v) is 13.5. The molecule has 0 bridgehead atoms. The molecular weight excluding hydrogens is 313 g/mol. The first-order valence-electron chi connectivity index (χ1n) is 8.50. The lowest BCUT2D eigenvalue weighted by Gasteiger charge is -2.28. The van der Waals surface area contributed by atoms with E-state index in [0.717, 1.165) is 12.8 Å². The van der Waals surface area contributed by atoms with Crippen molar-refractivity contribution < 1.29 is 23.8 Å². The van der Waals surface area contributed by atoms with Crippen LogP contribution in [0.2, 0.25) is 0 Å². The van der Waals surface area contributed by atoms with E-state index >= 15 is 0 Å². The molecule has 24 heavy (non-hydrogen) atoms. The number of halogens is 1. The summed E-state index contributed by atoms with van der Waals surface area (Å²) in [5.41, 5.74) is 0.659. The number of benzene rings is 1. The number of carbonyl (C=O) groups is 2. The van der Waals surface area contributed by atoms with Gasteiger partial charge in [-0.05, 0) is 50.3 Å². The number of hydrogen-bond donors (Lipinski definition) is 2. The van der Waals surface area contributed by atoms with Crippen LogP contribution in [0.25, 0.3) is 0 Å². The second-order valence-electron chi connectivity index (χ2n) is 6.63. The van der Waals surface area contributed by atoms with Crippen molar-refractivity contribution in [1.82, 2.24) is 5.32 Å². The Balaban J connectivity index is 1.72. The Morgan fingerprint density at radius 2 is 1.96 bits per heavy atom. The van der Waals surface area contributed by atoms with E-state index in [9.17, 15) is 14.0 Å². The lowest BCUT2D eigenvalue weighted by molar-refractivity contribution is -0.144. The molecule has 3 atom stereocenters. The quantitative estimate of drug-likeness (QED) is 0.890. The van der Waals surface area contributed by atoms with Gasteiger partial charge in [-0.25, -0.2) is 4.39 Å². The average molecular weight is 335 g/mol. The van der Waals surface area contributed by atoms with Crippen molar-refractivity contribution >= 4 is 11.9 Å². The Labute approximate surface area is 140 Å². The standard InChI is InChI=1S/C18H22FNO4/c19-13-6-7-16-14(10-13)15(5-2-8-24-16)20-17(21)11-3-1-4-12(9-11)18(22)23/h6-7,10-12,15H,1-5,8-9H2,(H,20,21)(H,22,23). The van der Waals surface area contributed by atoms with Gasteiger partial charge in [0.05, 0.1) is 18.6 Å². The Hall–Kier alpha value is -2.11. The molecule has 130 valence electrons. The van der Waals surface area contributed by atoms with Crippen molar-refractivity contribution in [2.24, 2.45) is 11.8 Å². The highest BCUT2D eigenvalue weighted by Gasteiger charge is 2.32. The number of carboxylic acids is 1. The van der Waals surface area contributed by atoms with Crippen molar-refractivity contribution in [3.05, 3.63) is 29.6 Å². The molecule has 0 aromatic heterocycles. The van der Waals surface area contributed by atoms with Gasteiger partial charge in [-0.1, -0.05) is 6.42 Å². The average Bonchev–Trinajstić information content (AvgIpc) is 2.77. The summed E-state index contributed by atoms with van der Waals surface area (Å²) >= 11 is 0. The molecule has 1 heterocycles. The van der Waals surface area contributed by atoms with E-state index in [4.69, 9.17) is 9.84 Å². The topological polar surface area (TPSA) is 75.6 Å². The fourth-order valence-corrected chi connectivity index (χ4v) is 3.64. The van der Waals surface area contributed by atoms with Crippen LogP contribution in [0.15, 0.2) is 18.2 Å². The fourth-order valence-electron chi connectivity index (χ4n) is 3.64. The molecule has 1 aromatic carbocycles. The number of hydrogen-bond acceptors (Lipinski definition) is 3. The van der Waals surface area contributed by atoms with E-state index in [1.807, 2.05) is 0 Å². The predicted octanol–water partition coefficient (Wildman–Crippen LogP) is 3.05. The van der Waals surface area contributed by atoms with Crippen LogP contribution in [0.4, 0.5) is 4.39 Å². The Kier molecular flexibility index (Phi) is 5.02. The zero-order chi connectivity index (χ0) is 17.1. The highest BCUT2D eigenvalue weighted by atomic mass is 19.1. The minimum absolute atomic E-state index is 0.136. The highest BCUT2D eigenvalue weighted by molar-refractivity contribution is 5.80. The van der Waals surface area contributed by atoms with Crippen LogP contribution in [0, 0.1) is 17.7 Å². The van der Waals surface area contributed by atoms with E-state index in [-0.39, 0.29) is 23.7 Å². The van der Waals surface area contributed by atoms with Gasteiger partial charge in [0.25, 0.3) is 0 Å². The summed E-state index contributed by atoms with van der Waals surface area (Å²) in [6, 6.07) is 4.06. The van der Waals surface area contributed by atoms with E-state index in [2.05, 4.69) is 5.32 Å². The van der Waals surface area contributed by atoms with Crippen molar-refractivity contribution in [3.8, 4) is 5.75 Å². The summed E-state index contributed by atoms with van der Waals surface area (Å²) < 4.78 is 19.2. The molecule has 5 nitrogen and oxygen atoms in total. The molecule has 1 fully saturated rings. The maximum Gasteiger partial charge on any atom is 0.306 e. The van der Waals surface area contributed by atoms with Gasteiger partial charge in [0.15, 0.2) is 0 Å². The predicted molar refractivity (Wildman–Crippen MR) is 85.1 cm³/mol. The zero-order valence-electron chi connectivity index (χ0n) is 13.5. The number of amides is 1. The molecule has 0 spiro atoms. The second-order valence-corrected chi connectivity index (χ2v) is 6.63. The summed E-state index contributed by atoms with van der Waals surface area (Å²) in [6.45, 7) is 0.537. The van der Waals surface area contributed by atoms with Gasteiger partial charge in [-0.3, -0.25) is 9.59 Å². The monoisotopic (exact) mass is 335 g/mol. The van der Waals surface area contributed by atoms with E-state index in [1.54, 1.807) is 6.07 Å². The smallest absolute Gasteiger partial charge is 0.306 e. The number of carbonyl (C=O) groups excluding carboxylic acids is 1. The number of rotatable bonds is 3. The molecular formula is C18H22FNO4. The Morgan fingerprint density at radius 3 is 2.75 bits per heavy atom. The van der Waals surface area contributed by atoms with Gasteiger partial charge in [0.2, 0.25) is 5.91 Å². The summed E-state index contributed by atoms with van der Waals surface area (Å²) in [7, 11) is 0. The largest absolute Gasteiger partial charge is 0.493 e. The third-order valence-corrected chi connectivity index (χ3v) is 4.95. The molecule has 1 amide bonds. The third-order valence-electron chi connectivity index (χ3n) is 4.95. The van der Waals surface area contributed by atoms with Gasteiger partial charge in [-0.15, -0.1) is 0 Å². The van der Waals surface area contributed by atoms with Gasteiger partial charge < -0.3 is 15.2 Å². The first-order valence-corrected chi connectivity index (χ1v) is 8.50. The minimum Gasteiger partial charge on any atom is -0.493 e. The van der Waals surface area contributed by atoms with Gasteiger partial charge in [-0.2, -0.15) is 0 Å². The Bertz CT molecular complexity index is 633. The maximum absolute atomic E-state index is 13.6. The van der Waals surface area contributed by atoms with Crippen molar-refractivity contribution in [2.45, 2.75) is 44.6 Å². The summed E-state index contributed by atoms with van der Waals surface area (Å²) in [4.78, 5) is 23.8. The number of ether oxygens (including phenoxy) is 1. The maximum atomic E-state index is 13.6. The third kappa shape index (κ3) is 3.68. The molecule has 2 aliphatic rings. The molecule has 0 saturated heterocycles. The molecule has 1 aliphatic carbocycles. The molecule has 3 unspecified atom stereocenters. The second kappa shape index (κ2) is 7.20. The number of carboxylic acid groups (broad SMARTS) is 1. The summed E-state index contributed by atoms with van der Waals surface area (Å²) in [5, 5.41) is 12.2. The summed E-state index contributed by atoms with van der Waals surface area (Å²) in [5.74, 6) is -1.46. The normalized spacial score (nSPS) is 26.6. The highest BCUT2D eigenvalue weighted by Crippen LogP contribution is 2.34. The molecule has 1 saturated carbocycles. The number of nitrogens with one attached hydrogen (secondary N) is 1. The summed E-state index contributed by atoms with van der Waals surface area (Å²) in [6.07, 6.45) is 3.90. The minimum atomic E-state index is -0.831. The van der Waals surface area contributed by atoms with Crippen molar-refractivity contribution in [3.63, 3.8) is 0 Å². The molecule has 0 radical (unpaired) electrons. The molecule has 1 aliphatic heterocycles. The van der Waals surface area contributed by atoms with E-state index in [1.165, 1.54) is 12.1 Å². The molecule has 2 N–H and O–H groups in total. The van der Waals surface area contributed by atoms with Crippen LogP contribution in [0.5, 0.6) is 5.75 Å². The molecule has 3 rings (SSSR count). The fraction of sp³-hybridized carbons (Fsp3) is 0.556. The van der Waals surface area contributed by atoms with Gasteiger partial charge in [0, 0.05) is 11.5 Å². The van der Waals surface area contributed by atoms with Gasteiger partial charge >= 0.3 is 5.97 Å². The van der Waals surface area contributed by atoms with Crippen LogP contribution in [0.1, 0.15) is 50.1 Å². The van der Waals surface area contributed by atoms with Crippen molar-refractivity contribution in [2.75, 3.05) is 6.61 Å². The number of aliphatic carboxylic acids is 1. The van der Waals surface area contributed by atoms with E-state index < -0.39 is 11.9 Å². The van der Waals surface area contributed by atoms with Gasteiger partial charge in [0.1, 0.15) is 11.6 Å². The molecule has 1 aromatic rings. The lowest BCUT2D eigenvalue weighted by Crippen LogP contribution is -2.37. The van der Waals surface area contributed by atoms with Crippen LogP contribution < -0.4 is 10.1 Å². The SMILES string of the molecule is O=C(O)C1CCCC(C(=O)NC2CCCOc3ccc(F)cc32)C1.